The summed E-state index contributed by atoms with van der Waals surface area (Å²) in [6.07, 6.45) is 2.07. The van der Waals surface area contributed by atoms with Crippen LogP contribution in [0.3, 0.4) is 0 Å². The van der Waals surface area contributed by atoms with Crippen LogP contribution in [0.25, 0.3) is 0 Å². The molecule has 0 aliphatic heterocycles. The van der Waals surface area contributed by atoms with E-state index in [9.17, 15) is 5.11 Å². The lowest BCUT2D eigenvalue weighted by atomic mass is 10.0. The molecule has 0 radical (unpaired) electrons. The maximum atomic E-state index is 9.19. The normalized spacial score (nSPS) is 11.3. The van der Waals surface area contributed by atoms with E-state index in [0.717, 1.165) is 18.7 Å². The van der Waals surface area contributed by atoms with Crippen molar-refractivity contribution in [3.05, 3.63) is 11.6 Å². The topological polar surface area (TPSA) is 60.2 Å². The van der Waals surface area contributed by atoms with E-state index >= 15 is 0 Å². The molecule has 5 heteroatoms. The van der Waals surface area contributed by atoms with Crippen molar-refractivity contribution >= 4 is 0 Å². The molecule has 92 valence electrons. The molecule has 0 aliphatic carbocycles. The molecule has 1 N–H and O–H groups in total. The first kappa shape index (κ1) is 13.1. The molecule has 1 heterocycles. The number of nitrogens with zero attached hydrogens (tertiary/aromatic N) is 3. The molecule has 0 spiro atoms. The lowest BCUT2D eigenvalue weighted by Crippen LogP contribution is -2.14. The molecule has 16 heavy (non-hydrogen) atoms. The first-order valence-corrected chi connectivity index (χ1v) is 5.80. The van der Waals surface area contributed by atoms with Gasteiger partial charge in [0, 0.05) is 19.6 Å². The third-order valence-electron chi connectivity index (χ3n) is 2.87. The summed E-state index contributed by atoms with van der Waals surface area (Å²) in [7, 11) is 1.67. The molecule has 0 amide bonds. The summed E-state index contributed by atoms with van der Waals surface area (Å²) in [6, 6.07) is 0. The second-order valence-electron chi connectivity index (χ2n) is 3.79. The fourth-order valence-corrected chi connectivity index (χ4v) is 1.85. The minimum absolute atomic E-state index is 0.0726. The predicted molar refractivity (Wildman–Crippen MR) is 61.1 cm³/mol. The van der Waals surface area contributed by atoms with Crippen LogP contribution in [0.15, 0.2) is 0 Å². The maximum Gasteiger partial charge on any atom is 0.158 e. The number of rotatable bonds is 7. The highest BCUT2D eigenvalue weighted by Gasteiger charge is 2.17. The van der Waals surface area contributed by atoms with Gasteiger partial charge in [0.25, 0.3) is 0 Å². The quantitative estimate of drug-likeness (QED) is 0.763. The zero-order valence-electron chi connectivity index (χ0n) is 10.3. The smallest absolute Gasteiger partial charge is 0.158 e. The molecule has 0 aliphatic rings. The summed E-state index contributed by atoms with van der Waals surface area (Å²) < 4.78 is 7.03. The molecule has 0 saturated carbocycles. The molecule has 1 aromatic rings. The largest absolute Gasteiger partial charge is 0.388 e. The zero-order chi connectivity index (χ0) is 12.0. The molecule has 0 unspecified atom stereocenters. The molecule has 5 nitrogen and oxygen atoms in total. The minimum atomic E-state index is -0.0726. The summed E-state index contributed by atoms with van der Waals surface area (Å²) in [5, 5.41) is 17.4. The van der Waals surface area contributed by atoms with Crippen molar-refractivity contribution in [3.63, 3.8) is 0 Å². The van der Waals surface area contributed by atoms with Crippen LogP contribution in [-0.4, -0.2) is 33.6 Å². The van der Waals surface area contributed by atoms with Gasteiger partial charge in [-0.1, -0.05) is 13.8 Å². The first-order valence-electron chi connectivity index (χ1n) is 5.80. The Bertz CT molecular complexity index is 308. The second-order valence-corrected chi connectivity index (χ2v) is 3.79. The Morgan fingerprint density at radius 3 is 2.50 bits per heavy atom. The highest BCUT2D eigenvalue weighted by Crippen LogP contribution is 2.21. The van der Waals surface area contributed by atoms with Gasteiger partial charge in [0.15, 0.2) is 5.82 Å². The number of aliphatic hydroxyl groups excluding tert-OH is 1. The van der Waals surface area contributed by atoms with Gasteiger partial charge in [0.1, 0.15) is 12.4 Å². The Kier molecular flexibility index (Phi) is 5.42. The van der Waals surface area contributed by atoms with E-state index in [-0.39, 0.29) is 6.61 Å². The van der Waals surface area contributed by atoms with Crippen LogP contribution >= 0.6 is 0 Å². The van der Waals surface area contributed by atoms with Crippen molar-refractivity contribution < 1.29 is 9.84 Å². The van der Waals surface area contributed by atoms with Crippen LogP contribution in [-0.2, 0) is 17.9 Å². The van der Waals surface area contributed by atoms with Gasteiger partial charge in [0.2, 0.25) is 0 Å². The second kappa shape index (κ2) is 6.60. The fourth-order valence-electron chi connectivity index (χ4n) is 1.85. The Labute approximate surface area is 96.5 Å². The SMILES string of the molecule is CCC(CC)c1nnc(CO)n1CCOC. The number of aliphatic hydroxyl groups is 1. The summed E-state index contributed by atoms with van der Waals surface area (Å²) in [4.78, 5) is 0. The van der Waals surface area contributed by atoms with Gasteiger partial charge in [-0.2, -0.15) is 0 Å². The van der Waals surface area contributed by atoms with Gasteiger partial charge in [-0.25, -0.2) is 0 Å². The van der Waals surface area contributed by atoms with Gasteiger partial charge in [0.05, 0.1) is 6.61 Å². The van der Waals surface area contributed by atoms with Gasteiger partial charge in [-0.3, -0.25) is 0 Å². The van der Waals surface area contributed by atoms with Crippen molar-refractivity contribution in [2.24, 2.45) is 0 Å². The van der Waals surface area contributed by atoms with Crippen molar-refractivity contribution in [2.45, 2.75) is 45.8 Å². The van der Waals surface area contributed by atoms with Crippen molar-refractivity contribution in [1.82, 2.24) is 14.8 Å². The van der Waals surface area contributed by atoms with Crippen LogP contribution in [0.5, 0.6) is 0 Å². The minimum Gasteiger partial charge on any atom is -0.388 e. The standard InChI is InChI=1S/C11H21N3O2/c1-4-9(5-2)11-13-12-10(8-15)14(11)6-7-16-3/h9,15H,4-8H2,1-3H3. The van der Waals surface area contributed by atoms with E-state index in [2.05, 4.69) is 24.0 Å². The molecule has 0 atom stereocenters. The van der Waals surface area contributed by atoms with Gasteiger partial charge in [-0.05, 0) is 12.8 Å². The van der Waals surface area contributed by atoms with E-state index in [1.54, 1.807) is 7.11 Å². The first-order chi connectivity index (χ1) is 7.78. The maximum absolute atomic E-state index is 9.19. The van der Waals surface area contributed by atoms with Crippen molar-refractivity contribution in [2.75, 3.05) is 13.7 Å². The van der Waals surface area contributed by atoms with Crippen LogP contribution < -0.4 is 0 Å². The molecular weight excluding hydrogens is 206 g/mol. The number of hydrogen-bond acceptors (Lipinski definition) is 4. The number of ether oxygens (including phenoxy) is 1. The summed E-state index contributed by atoms with van der Waals surface area (Å²) >= 11 is 0. The Hall–Kier alpha value is -0.940. The van der Waals surface area contributed by atoms with E-state index in [4.69, 9.17) is 4.74 Å². The zero-order valence-corrected chi connectivity index (χ0v) is 10.3. The molecule has 0 aromatic carbocycles. The predicted octanol–water partition coefficient (Wildman–Crippen LogP) is 1.32. The monoisotopic (exact) mass is 227 g/mol. The number of aromatic nitrogens is 3. The third kappa shape index (κ3) is 2.80. The Morgan fingerprint density at radius 2 is 2.00 bits per heavy atom. The highest BCUT2D eigenvalue weighted by molar-refractivity contribution is 5.01. The van der Waals surface area contributed by atoms with Gasteiger partial charge < -0.3 is 14.4 Å². The molecular formula is C11H21N3O2. The third-order valence-corrected chi connectivity index (χ3v) is 2.87. The molecule has 0 bridgehead atoms. The summed E-state index contributed by atoms with van der Waals surface area (Å²) in [6.45, 7) is 5.52. The lowest BCUT2D eigenvalue weighted by molar-refractivity contribution is 0.181. The highest BCUT2D eigenvalue weighted by atomic mass is 16.5. The molecule has 0 saturated heterocycles. The van der Waals surface area contributed by atoms with Crippen LogP contribution in [0.2, 0.25) is 0 Å². The lowest BCUT2D eigenvalue weighted by Gasteiger charge is -2.14. The molecule has 0 fully saturated rings. The average Bonchev–Trinajstić information content (AvgIpc) is 2.71. The number of hydrogen-bond donors (Lipinski definition) is 1. The Morgan fingerprint density at radius 1 is 1.31 bits per heavy atom. The van der Waals surface area contributed by atoms with Crippen molar-refractivity contribution in [1.29, 1.82) is 0 Å². The van der Waals surface area contributed by atoms with Crippen LogP contribution in [0.1, 0.15) is 44.3 Å². The summed E-state index contributed by atoms with van der Waals surface area (Å²) in [5.41, 5.74) is 0. The Balaban J connectivity index is 2.93. The average molecular weight is 227 g/mol. The van der Waals surface area contributed by atoms with E-state index in [1.807, 2.05) is 4.57 Å². The number of methoxy groups -OCH3 is 1. The van der Waals surface area contributed by atoms with Gasteiger partial charge >= 0.3 is 0 Å². The van der Waals surface area contributed by atoms with E-state index in [1.165, 1.54) is 0 Å². The molecule has 1 rings (SSSR count). The van der Waals surface area contributed by atoms with Crippen LogP contribution in [0.4, 0.5) is 0 Å². The molecule has 1 aromatic heterocycles. The van der Waals surface area contributed by atoms with E-state index < -0.39 is 0 Å². The van der Waals surface area contributed by atoms with E-state index in [0.29, 0.717) is 24.9 Å². The van der Waals surface area contributed by atoms with Gasteiger partial charge in [-0.15, -0.1) is 10.2 Å². The fraction of sp³-hybridized carbons (Fsp3) is 0.818. The van der Waals surface area contributed by atoms with Crippen molar-refractivity contribution in [3.8, 4) is 0 Å². The van der Waals surface area contributed by atoms with Crippen LogP contribution in [0, 0.1) is 0 Å². The summed E-state index contributed by atoms with van der Waals surface area (Å²) in [5.74, 6) is 2.00.